The predicted molar refractivity (Wildman–Crippen MR) is 124 cm³/mol. The van der Waals surface area contributed by atoms with Gasteiger partial charge in [0.1, 0.15) is 5.82 Å². The second-order valence-corrected chi connectivity index (χ2v) is 8.25. The maximum absolute atomic E-state index is 14.2. The summed E-state index contributed by atoms with van der Waals surface area (Å²) in [7, 11) is 1.82. The SMILES string of the molecule is CNc1cc([C@H]2CCCN(C(=O)c3oc4c(F)cccc4c3C)C2)nc(-c2ccncc2)n1. The Balaban J connectivity index is 1.44. The van der Waals surface area contributed by atoms with Gasteiger partial charge in [-0.2, -0.15) is 0 Å². The number of fused-ring (bicyclic) bond motifs is 1. The van der Waals surface area contributed by atoms with Gasteiger partial charge >= 0.3 is 0 Å². The van der Waals surface area contributed by atoms with Crippen molar-refractivity contribution in [2.75, 3.05) is 25.5 Å². The molecular weight excluding hydrogens is 421 g/mol. The van der Waals surface area contributed by atoms with Crippen LogP contribution in [-0.2, 0) is 0 Å². The van der Waals surface area contributed by atoms with Crippen LogP contribution in [0, 0.1) is 12.7 Å². The summed E-state index contributed by atoms with van der Waals surface area (Å²) in [6.45, 7) is 2.92. The fourth-order valence-corrected chi connectivity index (χ4v) is 4.39. The second-order valence-electron chi connectivity index (χ2n) is 8.25. The van der Waals surface area contributed by atoms with Crippen LogP contribution in [0.5, 0.6) is 0 Å². The third-order valence-electron chi connectivity index (χ3n) is 6.18. The molecule has 0 saturated carbocycles. The van der Waals surface area contributed by atoms with E-state index in [0.717, 1.165) is 29.9 Å². The molecule has 168 valence electrons. The number of rotatable bonds is 4. The minimum absolute atomic E-state index is 0.0554. The van der Waals surface area contributed by atoms with E-state index in [-0.39, 0.29) is 23.2 Å². The number of nitrogens with zero attached hydrogens (tertiary/aromatic N) is 4. The third kappa shape index (κ3) is 3.92. The minimum Gasteiger partial charge on any atom is -0.448 e. The van der Waals surface area contributed by atoms with Crippen molar-refractivity contribution in [2.45, 2.75) is 25.7 Å². The van der Waals surface area contributed by atoms with Crippen LogP contribution in [0.15, 0.2) is 53.2 Å². The van der Waals surface area contributed by atoms with Gasteiger partial charge in [0, 0.05) is 61.0 Å². The molecule has 5 rings (SSSR count). The van der Waals surface area contributed by atoms with E-state index in [4.69, 9.17) is 9.40 Å². The number of aromatic nitrogens is 3. The van der Waals surface area contributed by atoms with Gasteiger partial charge in [-0.25, -0.2) is 14.4 Å². The van der Waals surface area contributed by atoms with Gasteiger partial charge in [-0.15, -0.1) is 0 Å². The highest BCUT2D eigenvalue weighted by atomic mass is 19.1. The lowest BCUT2D eigenvalue weighted by molar-refractivity contribution is 0.0675. The number of hydrogen-bond donors (Lipinski definition) is 1. The van der Waals surface area contributed by atoms with E-state index < -0.39 is 5.82 Å². The van der Waals surface area contributed by atoms with Crippen LogP contribution in [0.3, 0.4) is 0 Å². The number of hydrogen-bond acceptors (Lipinski definition) is 6. The topological polar surface area (TPSA) is 84.2 Å². The Kier molecular flexibility index (Phi) is 5.50. The zero-order valence-corrected chi connectivity index (χ0v) is 18.5. The van der Waals surface area contributed by atoms with Crippen LogP contribution in [-0.4, -0.2) is 45.9 Å². The van der Waals surface area contributed by atoms with Crippen molar-refractivity contribution in [2.24, 2.45) is 0 Å². The lowest BCUT2D eigenvalue weighted by atomic mass is 9.94. The van der Waals surface area contributed by atoms with Crippen LogP contribution in [0.25, 0.3) is 22.4 Å². The molecule has 33 heavy (non-hydrogen) atoms. The molecule has 4 aromatic rings. The lowest BCUT2D eigenvalue weighted by Gasteiger charge is -2.32. The molecule has 1 amide bonds. The number of pyridine rings is 1. The maximum Gasteiger partial charge on any atom is 0.289 e. The number of carbonyl (C=O) groups is 1. The van der Waals surface area contributed by atoms with Crippen LogP contribution >= 0.6 is 0 Å². The lowest BCUT2D eigenvalue weighted by Crippen LogP contribution is -2.39. The highest BCUT2D eigenvalue weighted by Crippen LogP contribution is 2.32. The summed E-state index contributed by atoms with van der Waals surface area (Å²) >= 11 is 0. The Hall–Kier alpha value is -3.81. The number of piperidine rings is 1. The van der Waals surface area contributed by atoms with Gasteiger partial charge in [0.05, 0.1) is 5.69 Å². The summed E-state index contributed by atoms with van der Waals surface area (Å²) in [6.07, 6.45) is 5.18. The van der Waals surface area contributed by atoms with E-state index in [2.05, 4.69) is 15.3 Å². The maximum atomic E-state index is 14.2. The van der Waals surface area contributed by atoms with Crippen molar-refractivity contribution in [1.82, 2.24) is 19.9 Å². The number of nitrogens with one attached hydrogen (secondary N) is 1. The van der Waals surface area contributed by atoms with Crippen molar-refractivity contribution >= 4 is 22.7 Å². The number of halogens is 1. The van der Waals surface area contributed by atoms with Gasteiger partial charge in [-0.3, -0.25) is 9.78 Å². The summed E-state index contributed by atoms with van der Waals surface area (Å²) in [6, 6.07) is 10.4. The highest BCUT2D eigenvalue weighted by molar-refractivity contribution is 5.99. The quantitative estimate of drug-likeness (QED) is 0.486. The summed E-state index contributed by atoms with van der Waals surface area (Å²) in [5.74, 6) is 0.914. The Morgan fingerprint density at radius 2 is 2.03 bits per heavy atom. The van der Waals surface area contributed by atoms with Crippen LogP contribution in [0.4, 0.5) is 10.2 Å². The van der Waals surface area contributed by atoms with Gasteiger partial charge in [0.15, 0.2) is 23.0 Å². The average molecular weight is 445 g/mol. The molecule has 0 radical (unpaired) electrons. The molecule has 1 N–H and O–H groups in total. The molecule has 4 heterocycles. The summed E-state index contributed by atoms with van der Waals surface area (Å²) in [4.78, 5) is 28.6. The first-order chi connectivity index (χ1) is 16.0. The van der Waals surface area contributed by atoms with E-state index in [0.29, 0.717) is 29.9 Å². The third-order valence-corrected chi connectivity index (χ3v) is 6.18. The first-order valence-electron chi connectivity index (χ1n) is 11.0. The molecule has 1 aromatic carbocycles. The molecule has 1 aliphatic heterocycles. The predicted octanol–water partition coefficient (Wildman–Crippen LogP) is 4.79. The molecular formula is C25H24FN5O2. The zero-order valence-electron chi connectivity index (χ0n) is 18.5. The van der Waals surface area contributed by atoms with E-state index in [1.807, 2.05) is 25.2 Å². The molecule has 1 aliphatic rings. The Bertz CT molecular complexity index is 1320. The molecule has 1 saturated heterocycles. The first kappa shape index (κ1) is 21.1. The second kappa shape index (κ2) is 8.61. The Morgan fingerprint density at radius 1 is 1.21 bits per heavy atom. The number of anilines is 1. The molecule has 1 atom stereocenters. The number of amides is 1. The van der Waals surface area contributed by atoms with Crippen LogP contribution < -0.4 is 5.32 Å². The molecule has 0 unspecified atom stereocenters. The van der Waals surface area contributed by atoms with E-state index >= 15 is 0 Å². The van der Waals surface area contributed by atoms with Crippen molar-refractivity contribution in [3.05, 3.63) is 71.6 Å². The van der Waals surface area contributed by atoms with Crippen LogP contribution in [0.1, 0.15) is 40.6 Å². The molecule has 8 heteroatoms. The van der Waals surface area contributed by atoms with Crippen molar-refractivity contribution in [1.29, 1.82) is 0 Å². The molecule has 7 nitrogen and oxygen atoms in total. The van der Waals surface area contributed by atoms with E-state index in [9.17, 15) is 9.18 Å². The number of benzene rings is 1. The summed E-state index contributed by atoms with van der Waals surface area (Å²) in [5, 5.41) is 3.73. The number of furan rings is 1. The molecule has 0 aliphatic carbocycles. The standard InChI is InChI=1S/C25H24FN5O2/c1-15-18-6-3-7-19(26)23(18)33-22(15)25(32)31-12-4-5-17(14-31)20-13-21(27-2)30-24(29-20)16-8-10-28-11-9-16/h3,6-11,13,17H,4-5,12,14H2,1-2H3,(H,27,29,30)/t17-/m0/s1. The summed E-state index contributed by atoms with van der Waals surface area (Å²) < 4.78 is 19.9. The Morgan fingerprint density at radius 3 is 2.79 bits per heavy atom. The molecule has 0 spiro atoms. The van der Waals surface area contributed by atoms with Gasteiger partial charge in [-0.1, -0.05) is 12.1 Å². The van der Waals surface area contributed by atoms with Gasteiger partial charge in [0.2, 0.25) is 0 Å². The zero-order chi connectivity index (χ0) is 22.9. The van der Waals surface area contributed by atoms with E-state index in [1.165, 1.54) is 6.07 Å². The van der Waals surface area contributed by atoms with Gasteiger partial charge < -0.3 is 14.6 Å². The minimum atomic E-state index is -0.463. The number of para-hydroxylation sites is 1. The molecule has 1 fully saturated rings. The molecule has 0 bridgehead atoms. The average Bonchev–Trinajstić information content (AvgIpc) is 3.21. The van der Waals surface area contributed by atoms with Gasteiger partial charge in [-0.05, 0) is 38.0 Å². The summed E-state index contributed by atoms with van der Waals surface area (Å²) in [5.41, 5.74) is 2.55. The monoisotopic (exact) mass is 445 g/mol. The van der Waals surface area contributed by atoms with Gasteiger partial charge in [0.25, 0.3) is 5.91 Å². The van der Waals surface area contributed by atoms with Crippen molar-refractivity contribution in [3.8, 4) is 11.4 Å². The van der Waals surface area contributed by atoms with Crippen molar-refractivity contribution in [3.63, 3.8) is 0 Å². The largest absolute Gasteiger partial charge is 0.448 e. The first-order valence-corrected chi connectivity index (χ1v) is 11.0. The number of aryl methyl sites for hydroxylation is 1. The fourth-order valence-electron chi connectivity index (χ4n) is 4.39. The normalized spacial score (nSPS) is 16.2. The fraction of sp³-hybridized carbons (Fsp3) is 0.280. The smallest absolute Gasteiger partial charge is 0.289 e. The van der Waals surface area contributed by atoms with E-state index in [1.54, 1.807) is 36.4 Å². The number of likely N-dealkylation sites (tertiary alicyclic amines) is 1. The van der Waals surface area contributed by atoms with Crippen molar-refractivity contribution < 1.29 is 13.6 Å². The Labute approximate surface area is 190 Å². The molecule has 3 aromatic heterocycles. The highest BCUT2D eigenvalue weighted by Gasteiger charge is 2.30. The van der Waals surface area contributed by atoms with Crippen LogP contribution in [0.2, 0.25) is 0 Å². The number of carbonyl (C=O) groups excluding carboxylic acids is 1.